The van der Waals surface area contributed by atoms with Gasteiger partial charge in [0.2, 0.25) is 5.91 Å². The number of ether oxygens (including phenoxy) is 1. The normalized spacial score (nSPS) is 26.2. The molecule has 3 N–H and O–H groups in total. The molecule has 0 radical (unpaired) electrons. The Labute approximate surface area is 183 Å². The van der Waals surface area contributed by atoms with Gasteiger partial charge in [-0.3, -0.25) is 9.69 Å². The van der Waals surface area contributed by atoms with Crippen LogP contribution >= 0.6 is 0 Å². The number of likely N-dealkylation sites (tertiary alicyclic amines) is 1. The standard InChI is InChI=1S/C25H32N2O4/c1-17-6-9-19(10-7-17)26-23(29)16-27-14-13-25(30)12-4-3-5-20(25)24(27)18-8-11-21(28)22(15-18)31-2/h6-11,15,20,24,28,30H,3-5,12-14,16H2,1-2H3,(H,26,29)/t20-,24-,25-/m0/s1. The molecular formula is C25H32N2O4. The van der Waals surface area contributed by atoms with Crippen LogP contribution in [-0.2, 0) is 4.79 Å². The van der Waals surface area contributed by atoms with Gasteiger partial charge in [-0.15, -0.1) is 0 Å². The summed E-state index contributed by atoms with van der Waals surface area (Å²) >= 11 is 0. The largest absolute Gasteiger partial charge is 0.504 e. The van der Waals surface area contributed by atoms with E-state index in [1.807, 2.05) is 43.3 Å². The maximum absolute atomic E-state index is 12.9. The van der Waals surface area contributed by atoms with Gasteiger partial charge < -0.3 is 20.3 Å². The molecule has 2 aromatic carbocycles. The van der Waals surface area contributed by atoms with Gasteiger partial charge in [0.15, 0.2) is 11.5 Å². The van der Waals surface area contributed by atoms with Crippen molar-refractivity contribution in [3.8, 4) is 11.5 Å². The van der Waals surface area contributed by atoms with E-state index in [0.29, 0.717) is 18.7 Å². The zero-order valence-corrected chi connectivity index (χ0v) is 18.3. The first-order chi connectivity index (χ1) is 14.9. The molecule has 0 aromatic heterocycles. The van der Waals surface area contributed by atoms with E-state index in [1.54, 1.807) is 6.07 Å². The highest BCUT2D eigenvalue weighted by molar-refractivity contribution is 5.92. The first-order valence-electron chi connectivity index (χ1n) is 11.1. The molecule has 6 nitrogen and oxygen atoms in total. The Balaban J connectivity index is 1.60. The average Bonchev–Trinajstić information content (AvgIpc) is 2.76. The van der Waals surface area contributed by atoms with Gasteiger partial charge in [0, 0.05) is 24.2 Å². The zero-order valence-electron chi connectivity index (χ0n) is 18.3. The van der Waals surface area contributed by atoms with E-state index in [9.17, 15) is 15.0 Å². The van der Waals surface area contributed by atoms with Crippen LogP contribution in [0.1, 0.15) is 49.3 Å². The number of nitrogens with zero attached hydrogens (tertiary/aromatic N) is 1. The molecule has 1 aliphatic heterocycles. The Hall–Kier alpha value is -2.57. The van der Waals surface area contributed by atoms with Crippen LogP contribution in [0.4, 0.5) is 5.69 Å². The minimum absolute atomic E-state index is 0.0384. The summed E-state index contributed by atoms with van der Waals surface area (Å²) in [6.07, 6.45) is 4.49. The summed E-state index contributed by atoms with van der Waals surface area (Å²) in [7, 11) is 1.53. The Bertz CT molecular complexity index is 930. The van der Waals surface area contributed by atoms with Crippen LogP contribution in [0, 0.1) is 12.8 Å². The lowest BCUT2D eigenvalue weighted by Gasteiger charge is -2.52. The van der Waals surface area contributed by atoms with Crippen LogP contribution in [0.15, 0.2) is 42.5 Å². The number of fused-ring (bicyclic) bond motifs is 1. The second kappa shape index (κ2) is 8.89. The predicted molar refractivity (Wildman–Crippen MR) is 120 cm³/mol. The van der Waals surface area contributed by atoms with Crippen LogP contribution in [0.3, 0.4) is 0 Å². The maximum atomic E-state index is 12.9. The monoisotopic (exact) mass is 424 g/mol. The number of nitrogens with one attached hydrogen (secondary N) is 1. The third-order valence-electron chi connectivity index (χ3n) is 6.90. The summed E-state index contributed by atoms with van der Waals surface area (Å²) < 4.78 is 5.33. The van der Waals surface area contributed by atoms with Crippen molar-refractivity contribution >= 4 is 11.6 Å². The first kappa shape index (κ1) is 21.7. The Morgan fingerprint density at radius 2 is 1.97 bits per heavy atom. The number of hydrogen-bond acceptors (Lipinski definition) is 5. The lowest BCUT2D eigenvalue weighted by molar-refractivity contribution is -0.135. The summed E-state index contributed by atoms with van der Waals surface area (Å²) in [6, 6.07) is 13.0. The topological polar surface area (TPSA) is 82.0 Å². The van der Waals surface area contributed by atoms with Crippen LogP contribution in [0.2, 0.25) is 0 Å². The number of methoxy groups -OCH3 is 1. The fourth-order valence-corrected chi connectivity index (χ4v) is 5.26. The molecule has 1 amide bonds. The van der Waals surface area contributed by atoms with Crippen molar-refractivity contribution in [2.45, 2.75) is 50.7 Å². The number of aryl methyl sites for hydroxylation is 1. The summed E-state index contributed by atoms with van der Waals surface area (Å²) in [5, 5.41) is 24.5. The van der Waals surface area contributed by atoms with Gasteiger partial charge in [-0.05, 0) is 56.0 Å². The molecule has 166 valence electrons. The van der Waals surface area contributed by atoms with E-state index in [0.717, 1.165) is 42.5 Å². The highest BCUT2D eigenvalue weighted by Gasteiger charge is 2.49. The Morgan fingerprint density at radius 3 is 2.71 bits per heavy atom. The van der Waals surface area contributed by atoms with Crippen molar-refractivity contribution in [3.05, 3.63) is 53.6 Å². The number of carbonyl (C=O) groups excluding carboxylic acids is 1. The lowest BCUT2D eigenvalue weighted by atomic mass is 9.66. The number of rotatable bonds is 5. The molecule has 4 rings (SSSR count). The highest BCUT2D eigenvalue weighted by Crippen LogP contribution is 2.50. The van der Waals surface area contributed by atoms with Crippen molar-refractivity contribution in [2.75, 3.05) is 25.5 Å². The molecule has 3 atom stereocenters. The van der Waals surface area contributed by atoms with Crippen molar-refractivity contribution in [3.63, 3.8) is 0 Å². The van der Waals surface area contributed by atoms with Crippen LogP contribution in [0.25, 0.3) is 0 Å². The molecule has 0 unspecified atom stereocenters. The van der Waals surface area contributed by atoms with Crippen molar-refractivity contribution in [1.82, 2.24) is 4.90 Å². The number of anilines is 1. The van der Waals surface area contributed by atoms with Gasteiger partial charge in [0.25, 0.3) is 0 Å². The summed E-state index contributed by atoms with van der Waals surface area (Å²) in [5.74, 6) is 0.466. The van der Waals surface area contributed by atoms with E-state index in [1.165, 1.54) is 7.11 Å². The van der Waals surface area contributed by atoms with Crippen LogP contribution in [0.5, 0.6) is 11.5 Å². The summed E-state index contributed by atoms with van der Waals surface area (Å²) in [4.78, 5) is 15.0. The molecule has 31 heavy (non-hydrogen) atoms. The number of aromatic hydroxyl groups is 1. The molecule has 0 bridgehead atoms. The quantitative estimate of drug-likeness (QED) is 0.676. The first-order valence-corrected chi connectivity index (χ1v) is 11.1. The summed E-state index contributed by atoms with van der Waals surface area (Å²) in [6.45, 7) is 2.90. The molecule has 1 aliphatic carbocycles. The fourth-order valence-electron chi connectivity index (χ4n) is 5.26. The van der Waals surface area contributed by atoms with Crippen molar-refractivity contribution in [2.24, 2.45) is 5.92 Å². The number of carbonyl (C=O) groups is 1. The van der Waals surface area contributed by atoms with Gasteiger partial charge >= 0.3 is 0 Å². The number of phenolic OH excluding ortho intramolecular Hbond substituents is 1. The molecule has 0 spiro atoms. The van der Waals surface area contributed by atoms with E-state index >= 15 is 0 Å². The summed E-state index contributed by atoms with van der Waals surface area (Å²) in [5.41, 5.74) is 2.18. The second-order valence-corrected chi connectivity index (χ2v) is 8.97. The molecule has 1 heterocycles. The Kier molecular flexibility index (Phi) is 6.21. The molecular weight excluding hydrogens is 392 g/mol. The SMILES string of the molecule is COc1cc([C@H]2[C@@H]3CCCC[C@]3(O)CCN2CC(=O)Nc2ccc(C)cc2)ccc1O. The third kappa shape index (κ3) is 4.55. The number of hydrogen-bond donors (Lipinski definition) is 3. The van der Waals surface area contributed by atoms with Crippen LogP contribution in [-0.4, -0.2) is 46.8 Å². The molecule has 2 fully saturated rings. The van der Waals surface area contributed by atoms with Crippen molar-refractivity contribution in [1.29, 1.82) is 0 Å². The maximum Gasteiger partial charge on any atom is 0.238 e. The fraction of sp³-hybridized carbons (Fsp3) is 0.480. The predicted octanol–water partition coefficient (Wildman–Crippen LogP) is 4.02. The number of amides is 1. The number of benzene rings is 2. The molecule has 2 aromatic rings. The van der Waals surface area contributed by atoms with Gasteiger partial charge in [0.1, 0.15) is 0 Å². The van der Waals surface area contributed by atoms with E-state index in [2.05, 4.69) is 10.2 Å². The number of aliphatic hydroxyl groups is 1. The van der Waals surface area contributed by atoms with Gasteiger partial charge in [-0.1, -0.05) is 36.6 Å². The van der Waals surface area contributed by atoms with Crippen LogP contribution < -0.4 is 10.1 Å². The van der Waals surface area contributed by atoms with E-state index < -0.39 is 5.60 Å². The Morgan fingerprint density at radius 1 is 1.19 bits per heavy atom. The zero-order chi connectivity index (χ0) is 22.0. The van der Waals surface area contributed by atoms with Gasteiger partial charge in [-0.2, -0.15) is 0 Å². The van der Waals surface area contributed by atoms with Gasteiger partial charge in [0.05, 0.1) is 19.3 Å². The van der Waals surface area contributed by atoms with E-state index in [4.69, 9.17) is 4.74 Å². The van der Waals surface area contributed by atoms with E-state index in [-0.39, 0.29) is 30.2 Å². The molecule has 6 heteroatoms. The number of phenols is 1. The smallest absolute Gasteiger partial charge is 0.238 e. The molecule has 1 saturated heterocycles. The second-order valence-electron chi connectivity index (χ2n) is 8.97. The minimum Gasteiger partial charge on any atom is -0.504 e. The average molecular weight is 425 g/mol. The van der Waals surface area contributed by atoms with Gasteiger partial charge in [-0.25, -0.2) is 0 Å². The third-order valence-corrected chi connectivity index (χ3v) is 6.90. The molecule has 1 saturated carbocycles. The lowest BCUT2D eigenvalue weighted by Crippen LogP contribution is -2.56. The minimum atomic E-state index is -0.710. The van der Waals surface area contributed by atoms with Crippen molar-refractivity contribution < 1.29 is 19.7 Å². The highest BCUT2D eigenvalue weighted by atomic mass is 16.5. The number of piperidine rings is 1. The molecule has 2 aliphatic rings.